The van der Waals surface area contributed by atoms with Crippen molar-refractivity contribution in [3.05, 3.63) is 28.2 Å². The van der Waals surface area contributed by atoms with Gasteiger partial charge in [0.1, 0.15) is 6.34 Å². The van der Waals surface area contributed by atoms with Crippen molar-refractivity contribution in [2.75, 3.05) is 11.9 Å². The largest absolute Gasteiger partial charge is 0.324 e. The summed E-state index contributed by atoms with van der Waals surface area (Å²) < 4.78 is 0. The van der Waals surface area contributed by atoms with Crippen LogP contribution < -0.4 is 16.1 Å². The molecule has 0 spiro atoms. The number of nitrogens with zero attached hydrogens (tertiary/aromatic N) is 1. The Morgan fingerprint density at radius 3 is 2.65 bits per heavy atom. The number of rotatable bonds is 4. The number of para-hydroxylation sites is 1. The van der Waals surface area contributed by atoms with Gasteiger partial charge in [0.2, 0.25) is 0 Å². The molecule has 0 aromatic heterocycles. The summed E-state index contributed by atoms with van der Waals surface area (Å²) in [5.41, 5.74) is 3.03. The van der Waals surface area contributed by atoms with E-state index < -0.39 is 6.03 Å². The van der Waals surface area contributed by atoms with Gasteiger partial charge in [-0.2, -0.15) is 5.10 Å². The average Bonchev–Trinajstić information content (AvgIpc) is 2.30. The molecule has 3 N–H and O–H groups in total. The van der Waals surface area contributed by atoms with Gasteiger partial charge < -0.3 is 10.7 Å². The van der Waals surface area contributed by atoms with Gasteiger partial charge in [0, 0.05) is 6.54 Å². The smallest absolute Gasteiger partial charge is 0.309 e. The number of amides is 2. The summed E-state index contributed by atoms with van der Waals surface area (Å²) in [6.07, 6.45) is 1.24. The summed E-state index contributed by atoms with van der Waals surface area (Å²) in [5, 5.41) is 9.37. The van der Waals surface area contributed by atoms with Gasteiger partial charge in [0.15, 0.2) is 0 Å². The van der Waals surface area contributed by atoms with Gasteiger partial charge in [-0.05, 0) is 19.1 Å². The fraction of sp³-hybridized carbons (Fsp3) is 0.200. The zero-order chi connectivity index (χ0) is 12.7. The highest BCUT2D eigenvalue weighted by atomic mass is 35.5. The second-order valence-electron chi connectivity index (χ2n) is 2.96. The van der Waals surface area contributed by atoms with E-state index in [1.807, 2.05) is 6.92 Å². The van der Waals surface area contributed by atoms with Crippen LogP contribution >= 0.6 is 23.2 Å². The van der Waals surface area contributed by atoms with Crippen LogP contribution in [-0.4, -0.2) is 18.9 Å². The Labute approximate surface area is 109 Å². The molecule has 1 aromatic carbocycles. The molecule has 0 aliphatic rings. The number of halogens is 2. The molecule has 0 heterocycles. The molecule has 0 aliphatic heterocycles. The molecule has 2 amide bonds. The first-order valence-corrected chi connectivity index (χ1v) is 5.66. The van der Waals surface area contributed by atoms with E-state index in [9.17, 15) is 4.79 Å². The van der Waals surface area contributed by atoms with Gasteiger partial charge >= 0.3 is 6.03 Å². The maximum Gasteiger partial charge on any atom is 0.324 e. The van der Waals surface area contributed by atoms with Crippen molar-refractivity contribution < 1.29 is 4.79 Å². The van der Waals surface area contributed by atoms with Gasteiger partial charge in [0.25, 0.3) is 0 Å². The van der Waals surface area contributed by atoms with Crippen molar-refractivity contribution in [1.29, 1.82) is 0 Å². The molecule has 5 nitrogen and oxygen atoms in total. The maximum absolute atomic E-state index is 11.4. The molecule has 1 aromatic rings. The first-order valence-electron chi connectivity index (χ1n) is 4.91. The SMILES string of the molecule is CCNN=CNC(=O)Nc1c(Cl)cccc1Cl. The van der Waals surface area contributed by atoms with Crippen LogP contribution in [0.4, 0.5) is 10.5 Å². The van der Waals surface area contributed by atoms with Gasteiger partial charge in [0.05, 0.1) is 15.7 Å². The van der Waals surface area contributed by atoms with Crippen molar-refractivity contribution in [2.24, 2.45) is 5.10 Å². The Hall–Kier alpha value is -1.46. The molecule has 0 unspecified atom stereocenters. The lowest BCUT2D eigenvalue weighted by Gasteiger charge is -2.08. The van der Waals surface area contributed by atoms with Crippen molar-refractivity contribution in [3.8, 4) is 0 Å². The zero-order valence-electron chi connectivity index (χ0n) is 9.13. The molecular weight excluding hydrogens is 263 g/mol. The summed E-state index contributed by atoms with van der Waals surface area (Å²) in [6.45, 7) is 2.57. The van der Waals surface area contributed by atoms with Crippen LogP contribution in [0.1, 0.15) is 6.92 Å². The van der Waals surface area contributed by atoms with E-state index in [0.717, 1.165) is 0 Å². The second-order valence-corrected chi connectivity index (χ2v) is 3.78. The Kier molecular flexibility index (Phi) is 5.59. The highest BCUT2D eigenvalue weighted by Gasteiger charge is 2.07. The quantitative estimate of drug-likeness (QED) is 0.449. The van der Waals surface area contributed by atoms with E-state index in [-0.39, 0.29) is 0 Å². The van der Waals surface area contributed by atoms with Crippen LogP contribution in [0.3, 0.4) is 0 Å². The van der Waals surface area contributed by atoms with Crippen LogP contribution in [0.2, 0.25) is 10.0 Å². The fourth-order valence-corrected chi connectivity index (χ4v) is 1.49. The number of nitrogens with one attached hydrogen (secondary N) is 3. The molecular formula is C10H12Cl2N4O. The predicted octanol–water partition coefficient (Wildman–Crippen LogP) is 2.67. The number of carbonyl (C=O) groups is 1. The third-order valence-electron chi connectivity index (χ3n) is 1.71. The van der Waals surface area contributed by atoms with Gasteiger partial charge in [-0.15, -0.1) is 0 Å². The maximum atomic E-state index is 11.4. The Balaban J connectivity index is 2.56. The summed E-state index contributed by atoms with van der Waals surface area (Å²) in [6, 6.07) is 4.49. The Morgan fingerprint density at radius 2 is 2.06 bits per heavy atom. The van der Waals surface area contributed by atoms with Crippen molar-refractivity contribution in [3.63, 3.8) is 0 Å². The standard InChI is InChI=1S/C10H12Cl2N4O/c1-2-14-15-6-13-10(17)16-9-7(11)4-3-5-8(9)12/h3-6,14H,2H2,1H3,(H2,13,15,16,17). The lowest BCUT2D eigenvalue weighted by atomic mass is 10.3. The molecule has 1 rings (SSSR count). The minimum absolute atomic E-state index is 0.366. The highest BCUT2D eigenvalue weighted by Crippen LogP contribution is 2.29. The van der Waals surface area contributed by atoms with Gasteiger partial charge in [-0.3, -0.25) is 5.32 Å². The molecule has 0 bridgehead atoms. The Bertz CT molecular complexity index is 403. The molecule has 7 heteroatoms. The Morgan fingerprint density at radius 1 is 1.41 bits per heavy atom. The number of anilines is 1. The number of hydrazone groups is 1. The van der Waals surface area contributed by atoms with Crippen LogP contribution in [0, 0.1) is 0 Å². The van der Waals surface area contributed by atoms with Crippen LogP contribution in [0.5, 0.6) is 0 Å². The predicted molar refractivity (Wildman–Crippen MR) is 70.8 cm³/mol. The normalized spacial score (nSPS) is 10.3. The van der Waals surface area contributed by atoms with Crippen molar-refractivity contribution in [2.45, 2.75) is 6.92 Å². The van der Waals surface area contributed by atoms with E-state index in [1.165, 1.54) is 6.34 Å². The summed E-state index contributed by atoms with van der Waals surface area (Å²) in [5.74, 6) is 0. The molecule has 0 saturated heterocycles. The topological polar surface area (TPSA) is 65.5 Å². The molecule has 92 valence electrons. The zero-order valence-corrected chi connectivity index (χ0v) is 10.6. The number of urea groups is 1. The summed E-state index contributed by atoms with van der Waals surface area (Å²) in [7, 11) is 0. The first-order chi connectivity index (χ1) is 8.15. The van der Waals surface area contributed by atoms with Crippen LogP contribution in [0.15, 0.2) is 23.3 Å². The lowest BCUT2D eigenvalue weighted by molar-refractivity contribution is 0.256. The van der Waals surface area contributed by atoms with E-state index in [4.69, 9.17) is 23.2 Å². The molecule has 17 heavy (non-hydrogen) atoms. The van der Waals surface area contributed by atoms with E-state index in [0.29, 0.717) is 22.3 Å². The monoisotopic (exact) mass is 274 g/mol. The number of hydrogen-bond acceptors (Lipinski definition) is 3. The third-order valence-corrected chi connectivity index (χ3v) is 2.34. The number of carbonyl (C=O) groups excluding carboxylic acids is 1. The van der Waals surface area contributed by atoms with Crippen LogP contribution in [0.25, 0.3) is 0 Å². The summed E-state index contributed by atoms with van der Waals surface area (Å²) >= 11 is 11.8. The van der Waals surface area contributed by atoms with Crippen molar-refractivity contribution in [1.82, 2.24) is 10.7 Å². The van der Waals surface area contributed by atoms with E-state index in [1.54, 1.807) is 18.2 Å². The molecule has 0 saturated carbocycles. The molecule has 0 radical (unpaired) electrons. The highest BCUT2D eigenvalue weighted by molar-refractivity contribution is 6.39. The fourth-order valence-electron chi connectivity index (χ4n) is 0.995. The van der Waals surface area contributed by atoms with E-state index in [2.05, 4.69) is 21.2 Å². The second kappa shape index (κ2) is 6.98. The number of benzene rings is 1. The van der Waals surface area contributed by atoms with Gasteiger partial charge in [-0.25, -0.2) is 4.79 Å². The minimum Gasteiger partial charge on any atom is -0.309 e. The van der Waals surface area contributed by atoms with Gasteiger partial charge in [-0.1, -0.05) is 29.3 Å². The third kappa shape index (κ3) is 4.50. The average molecular weight is 275 g/mol. The molecule has 0 fully saturated rings. The first kappa shape index (κ1) is 13.6. The minimum atomic E-state index is -0.471. The number of hydrogen-bond donors (Lipinski definition) is 3. The van der Waals surface area contributed by atoms with Crippen molar-refractivity contribution >= 4 is 41.3 Å². The summed E-state index contributed by atoms with van der Waals surface area (Å²) in [4.78, 5) is 11.4. The van der Waals surface area contributed by atoms with Crippen LogP contribution in [-0.2, 0) is 0 Å². The lowest BCUT2D eigenvalue weighted by Crippen LogP contribution is -2.28. The molecule has 0 atom stereocenters. The molecule has 0 aliphatic carbocycles. The van der Waals surface area contributed by atoms with E-state index >= 15 is 0 Å².